The second kappa shape index (κ2) is 7.50. The van der Waals surface area contributed by atoms with E-state index in [9.17, 15) is 5.11 Å². The molecule has 2 fully saturated rings. The van der Waals surface area contributed by atoms with Crippen molar-refractivity contribution in [1.82, 2.24) is 24.7 Å². The number of hydrogen-bond donors (Lipinski definition) is 2. The second-order valence-electron chi connectivity index (χ2n) is 8.92. The van der Waals surface area contributed by atoms with Gasteiger partial charge in [0, 0.05) is 18.5 Å². The maximum atomic E-state index is 9.34. The van der Waals surface area contributed by atoms with Gasteiger partial charge in [0.2, 0.25) is 11.8 Å². The average molecular weight is 409 g/mol. The maximum Gasteiger partial charge on any atom is 0.246 e. The Labute approximate surface area is 175 Å². The Bertz CT molecular complexity index is 1050. The number of aryl methyl sites for hydroxylation is 1. The Hall–Kier alpha value is -2.74. The van der Waals surface area contributed by atoms with Crippen LogP contribution < -0.4 is 10.1 Å². The van der Waals surface area contributed by atoms with Gasteiger partial charge in [0.25, 0.3) is 0 Å². The molecule has 8 heteroatoms. The fraction of sp³-hybridized carbons (Fsp3) is 0.545. The van der Waals surface area contributed by atoms with Crippen LogP contribution in [0.5, 0.6) is 5.88 Å². The van der Waals surface area contributed by atoms with Crippen LogP contribution >= 0.6 is 0 Å². The first kappa shape index (κ1) is 19.2. The molecule has 3 aromatic rings. The molecule has 158 valence electrons. The highest BCUT2D eigenvalue weighted by Gasteiger charge is 2.41. The molecule has 3 heterocycles. The fourth-order valence-corrected chi connectivity index (χ4v) is 4.05. The molecule has 0 radical (unpaired) electrons. The second-order valence-corrected chi connectivity index (χ2v) is 8.92. The van der Waals surface area contributed by atoms with E-state index < -0.39 is 0 Å². The minimum atomic E-state index is -0.151. The summed E-state index contributed by atoms with van der Waals surface area (Å²) in [6.07, 6.45) is 10.0. The highest BCUT2D eigenvalue weighted by Crippen LogP contribution is 2.40. The molecule has 0 atom stereocenters. The molecule has 8 nitrogen and oxygen atoms in total. The molecule has 30 heavy (non-hydrogen) atoms. The quantitative estimate of drug-likeness (QED) is 0.638. The highest BCUT2D eigenvalue weighted by atomic mass is 16.5. The van der Waals surface area contributed by atoms with Crippen molar-refractivity contribution in [2.75, 3.05) is 11.9 Å². The highest BCUT2D eigenvalue weighted by molar-refractivity contribution is 5.81. The van der Waals surface area contributed by atoms with Gasteiger partial charge in [-0.25, -0.2) is 9.97 Å². The lowest BCUT2D eigenvalue weighted by atomic mass is 9.87. The lowest BCUT2D eigenvalue weighted by molar-refractivity contribution is 0.165. The SMILES string of the molecule is Cc1ccc2nc(Nc3cnn(C4CCC(CO)CC4)c3)nc(OC3(C)CC3)c2n1. The van der Waals surface area contributed by atoms with Crippen molar-refractivity contribution in [1.29, 1.82) is 0 Å². The molecule has 2 aliphatic rings. The first-order chi connectivity index (χ1) is 14.5. The van der Waals surface area contributed by atoms with Crippen molar-refractivity contribution in [3.8, 4) is 5.88 Å². The van der Waals surface area contributed by atoms with E-state index in [-0.39, 0.29) is 12.2 Å². The molecule has 2 N–H and O–H groups in total. The van der Waals surface area contributed by atoms with Crippen LogP contribution in [0.25, 0.3) is 11.0 Å². The van der Waals surface area contributed by atoms with E-state index in [0.29, 0.717) is 29.3 Å². The first-order valence-corrected chi connectivity index (χ1v) is 10.8. The predicted octanol–water partition coefficient (Wildman–Crippen LogP) is 3.93. The summed E-state index contributed by atoms with van der Waals surface area (Å²) in [5.74, 6) is 1.45. The summed E-state index contributed by atoms with van der Waals surface area (Å²) in [4.78, 5) is 13.9. The van der Waals surface area contributed by atoms with Gasteiger partial charge >= 0.3 is 0 Å². The molecule has 2 saturated carbocycles. The van der Waals surface area contributed by atoms with Crippen molar-refractivity contribution in [2.24, 2.45) is 5.92 Å². The van der Waals surface area contributed by atoms with Crippen LogP contribution in [-0.4, -0.2) is 42.0 Å². The Balaban J connectivity index is 1.38. The van der Waals surface area contributed by atoms with E-state index in [4.69, 9.17) is 4.74 Å². The van der Waals surface area contributed by atoms with E-state index in [1.807, 2.05) is 36.1 Å². The molecule has 0 unspecified atom stereocenters. The summed E-state index contributed by atoms with van der Waals surface area (Å²) < 4.78 is 8.20. The number of aliphatic hydroxyl groups is 1. The van der Waals surface area contributed by atoms with Crippen LogP contribution in [0.15, 0.2) is 24.5 Å². The number of pyridine rings is 1. The normalized spacial score (nSPS) is 22.8. The van der Waals surface area contributed by atoms with Crippen LogP contribution in [0.2, 0.25) is 0 Å². The lowest BCUT2D eigenvalue weighted by Crippen LogP contribution is -2.20. The maximum absolute atomic E-state index is 9.34. The number of nitrogens with one attached hydrogen (secondary N) is 1. The van der Waals surface area contributed by atoms with Crippen LogP contribution in [0.3, 0.4) is 0 Å². The van der Waals surface area contributed by atoms with Gasteiger partial charge in [0.05, 0.1) is 23.4 Å². The topological polar surface area (TPSA) is 98.0 Å². The summed E-state index contributed by atoms with van der Waals surface area (Å²) in [6, 6.07) is 4.28. The molecular formula is C22H28N6O2. The zero-order valence-electron chi connectivity index (χ0n) is 17.5. The Morgan fingerprint density at radius 1 is 1.17 bits per heavy atom. The summed E-state index contributed by atoms with van der Waals surface area (Å²) in [5.41, 5.74) is 3.07. The van der Waals surface area contributed by atoms with Gasteiger partial charge in [-0.15, -0.1) is 0 Å². The Morgan fingerprint density at radius 3 is 2.70 bits per heavy atom. The molecule has 0 amide bonds. The van der Waals surface area contributed by atoms with Crippen LogP contribution in [0, 0.1) is 12.8 Å². The van der Waals surface area contributed by atoms with E-state index >= 15 is 0 Å². The van der Waals surface area contributed by atoms with Crippen molar-refractivity contribution < 1.29 is 9.84 Å². The molecule has 0 aromatic carbocycles. The Kier molecular flexibility index (Phi) is 4.81. The molecule has 5 rings (SSSR count). The third-order valence-corrected chi connectivity index (χ3v) is 6.25. The van der Waals surface area contributed by atoms with Crippen molar-refractivity contribution in [3.05, 3.63) is 30.2 Å². The summed E-state index contributed by atoms with van der Waals surface area (Å²) >= 11 is 0. The number of anilines is 2. The monoisotopic (exact) mass is 408 g/mol. The van der Waals surface area contributed by atoms with Gasteiger partial charge in [-0.2, -0.15) is 10.1 Å². The standard InChI is InChI=1S/C22H28N6O2/c1-14-3-8-18-19(24-14)20(30-22(2)9-10-22)27-21(26-18)25-16-11-23-28(12-16)17-6-4-15(13-29)5-7-17/h3,8,11-12,15,17,29H,4-7,9-10,13H2,1-2H3,(H,25,26,27). The fourth-order valence-electron chi connectivity index (χ4n) is 4.05. The third-order valence-electron chi connectivity index (χ3n) is 6.25. The number of nitrogens with zero attached hydrogens (tertiary/aromatic N) is 5. The first-order valence-electron chi connectivity index (χ1n) is 10.8. The predicted molar refractivity (Wildman–Crippen MR) is 114 cm³/mol. The van der Waals surface area contributed by atoms with Gasteiger partial charge in [-0.3, -0.25) is 4.68 Å². The van der Waals surface area contributed by atoms with E-state index in [1.54, 1.807) is 0 Å². The minimum absolute atomic E-state index is 0.151. The van der Waals surface area contributed by atoms with Crippen molar-refractivity contribution >= 4 is 22.7 Å². The number of aliphatic hydroxyl groups excluding tert-OH is 1. The third kappa shape index (κ3) is 3.96. The van der Waals surface area contributed by atoms with Crippen LogP contribution in [0.1, 0.15) is 57.2 Å². The number of aromatic nitrogens is 5. The number of fused-ring (bicyclic) bond motifs is 1. The van der Waals surface area contributed by atoms with Crippen LogP contribution in [-0.2, 0) is 0 Å². The van der Waals surface area contributed by atoms with Gasteiger partial charge in [0.1, 0.15) is 5.60 Å². The zero-order chi connectivity index (χ0) is 20.7. The molecule has 0 spiro atoms. The van der Waals surface area contributed by atoms with Gasteiger partial charge in [-0.05, 0) is 70.4 Å². The van der Waals surface area contributed by atoms with Gasteiger partial charge < -0.3 is 15.2 Å². The summed E-state index contributed by atoms with van der Waals surface area (Å²) in [7, 11) is 0. The van der Waals surface area contributed by atoms with E-state index in [2.05, 4.69) is 32.3 Å². The Morgan fingerprint density at radius 2 is 1.97 bits per heavy atom. The number of hydrogen-bond acceptors (Lipinski definition) is 7. The largest absolute Gasteiger partial charge is 0.470 e. The summed E-state index contributed by atoms with van der Waals surface area (Å²) in [5, 5.41) is 17.2. The van der Waals surface area contributed by atoms with Crippen LogP contribution in [0.4, 0.5) is 11.6 Å². The molecule has 0 saturated heterocycles. The molecule has 0 aliphatic heterocycles. The van der Waals surface area contributed by atoms with Crippen molar-refractivity contribution in [2.45, 2.75) is 64.0 Å². The zero-order valence-corrected chi connectivity index (χ0v) is 17.5. The van der Waals surface area contributed by atoms with E-state index in [1.165, 1.54) is 0 Å². The molecule has 2 aliphatic carbocycles. The lowest BCUT2D eigenvalue weighted by Gasteiger charge is -2.27. The van der Waals surface area contributed by atoms with Gasteiger partial charge in [0.15, 0.2) is 5.52 Å². The molecule has 0 bridgehead atoms. The van der Waals surface area contributed by atoms with Gasteiger partial charge in [-0.1, -0.05) is 0 Å². The minimum Gasteiger partial charge on any atom is -0.470 e. The van der Waals surface area contributed by atoms with Crippen molar-refractivity contribution in [3.63, 3.8) is 0 Å². The smallest absolute Gasteiger partial charge is 0.246 e. The van der Waals surface area contributed by atoms with E-state index in [0.717, 1.165) is 55.4 Å². The number of rotatable bonds is 6. The molecule has 3 aromatic heterocycles. The molecular weight excluding hydrogens is 380 g/mol. The average Bonchev–Trinajstić information content (AvgIpc) is 3.29. The number of ether oxygens (including phenoxy) is 1. The summed E-state index contributed by atoms with van der Waals surface area (Å²) in [6.45, 7) is 4.34.